The van der Waals surface area contributed by atoms with Crippen molar-refractivity contribution in [1.82, 2.24) is 0 Å². The monoisotopic (exact) mass is 272 g/mol. The number of rotatable bonds is 2. The molecule has 1 N–H and O–H groups in total. The third-order valence-corrected chi connectivity index (χ3v) is 3.60. The van der Waals surface area contributed by atoms with Crippen molar-refractivity contribution < 1.29 is 14.2 Å². The molecule has 1 atom stereocenters. The van der Waals surface area contributed by atoms with Crippen LogP contribution in [-0.4, -0.2) is 10.7 Å². The Morgan fingerprint density at radius 1 is 1.15 bits per heavy atom. The van der Waals surface area contributed by atoms with E-state index < -0.39 is 6.10 Å². The fourth-order valence-electron chi connectivity index (χ4n) is 2.68. The van der Waals surface area contributed by atoms with Crippen LogP contribution in [0.25, 0.3) is 0 Å². The first-order chi connectivity index (χ1) is 9.46. The van der Waals surface area contributed by atoms with Gasteiger partial charge in [-0.15, -0.1) is 0 Å². The molecular formula is C17H17FO2. The normalized spacial score (nSPS) is 17.4. The zero-order valence-electron chi connectivity index (χ0n) is 11.6. The fraction of sp³-hybridized carbons (Fsp3) is 0.294. The highest BCUT2D eigenvalue weighted by molar-refractivity contribution is 5.49. The molecule has 20 heavy (non-hydrogen) atoms. The van der Waals surface area contributed by atoms with Crippen LogP contribution in [-0.2, 0) is 6.42 Å². The lowest BCUT2D eigenvalue weighted by Gasteiger charge is -2.20. The highest BCUT2D eigenvalue weighted by atomic mass is 19.1. The number of aliphatic hydroxyl groups excluding tert-OH is 1. The number of ether oxygens (including phenoxy) is 1. The second-order valence-electron chi connectivity index (χ2n) is 5.83. The first-order valence-corrected chi connectivity index (χ1v) is 6.71. The van der Waals surface area contributed by atoms with E-state index in [1.807, 2.05) is 32.0 Å². The molecule has 2 nitrogen and oxygen atoms in total. The maximum absolute atomic E-state index is 13.0. The summed E-state index contributed by atoms with van der Waals surface area (Å²) in [6.07, 6.45) is 0.0196. The molecule has 0 aliphatic carbocycles. The summed E-state index contributed by atoms with van der Waals surface area (Å²) in [5, 5.41) is 10.5. The van der Waals surface area contributed by atoms with E-state index in [1.165, 1.54) is 12.1 Å². The summed E-state index contributed by atoms with van der Waals surface area (Å²) in [4.78, 5) is 0. The van der Waals surface area contributed by atoms with Gasteiger partial charge >= 0.3 is 0 Å². The van der Waals surface area contributed by atoms with Gasteiger partial charge in [-0.25, -0.2) is 4.39 Å². The predicted octanol–water partition coefficient (Wildman–Crippen LogP) is 3.62. The van der Waals surface area contributed by atoms with Gasteiger partial charge in [0.25, 0.3) is 0 Å². The molecule has 2 aromatic carbocycles. The van der Waals surface area contributed by atoms with Crippen LogP contribution >= 0.6 is 0 Å². The summed E-state index contributed by atoms with van der Waals surface area (Å²) in [7, 11) is 0. The molecule has 3 heteroatoms. The molecule has 3 rings (SSSR count). The minimum Gasteiger partial charge on any atom is -0.487 e. The van der Waals surface area contributed by atoms with Crippen molar-refractivity contribution in [3.05, 3.63) is 65.0 Å². The van der Waals surface area contributed by atoms with Gasteiger partial charge in [0.2, 0.25) is 0 Å². The Hall–Kier alpha value is -1.87. The molecule has 0 bridgehead atoms. The van der Waals surface area contributed by atoms with Crippen LogP contribution < -0.4 is 4.74 Å². The van der Waals surface area contributed by atoms with Gasteiger partial charge in [-0.3, -0.25) is 0 Å². The highest BCUT2D eigenvalue weighted by Crippen LogP contribution is 2.41. The molecule has 0 radical (unpaired) electrons. The van der Waals surface area contributed by atoms with E-state index in [0.29, 0.717) is 5.56 Å². The van der Waals surface area contributed by atoms with Crippen molar-refractivity contribution in [2.24, 2.45) is 0 Å². The number of benzene rings is 2. The number of aliphatic hydroxyl groups is 1. The second kappa shape index (κ2) is 4.60. The van der Waals surface area contributed by atoms with Gasteiger partial charge in [0.15, 0.2) is 0 Å². The van der Waals surface area contributed by atoms with Crippen LogP contribution in [0.2, 0.25) is 0 Å². The molecule has 104 valence electrons. The van der Waals surface area contributed by atoms with E-state index in [-0.39, 0.29) is 11.4 Å². The van der Waals surface area contributed by atoms with Crippen LogP contribution in [0, 0.1) is 5.82 Å². The molecule has 1 aliphatic heterocycles. The third-order valence-electron chi connectivity index (χ3n) is 3.60. The standard InChI is InChI=1S/C17H17FO2/c1-17(2)10-12-4-3-5-14(16(12)20-17)15(19)11-6-8-13(18)9-7-11/h3-9,15,19H,10H2,1-2H3. The first-order valence-electron chi connectivity index (χ1n) is 6.71. The molecular weight excluding hydrogens is 255 g/mol. The van der Waals surface area contributed by atoms with E-state index in [1.54, 1.807) is 12.1 Å². The Morgan fingerprint density at radius 2 is 1.85 bits per heavy atom. The Morgan fingerprint density at radius 3 is 2.55 bits per heavy atom. The average molecular weight is 272 g/mol. The summed E-state index contributed by atoms with van der Waals surface area (Å²) < 4.78 is 18.9. The zero-order valence-corrected chi connectivity index (χ0v) is 11.6. The molecule has 0 amide bonds. The Bertz CT molecular complexity index is 632. The Balaban J connectivity index is 2.00. The Labute approximate surface area is 117 Å². The smallest absolute Gasteiger partial charge is 0.129 e. The highest BCUT2D eigenvalue weighted by Gasteiger charge is 2.33. The average Bonchev–Trinajstić information content (AvgIpc) is 2.72. The molecule has 2 aromatic rings. The van der Waals surface area contributed by atoms with E-state index in [2.05, 4.69) is 0 Å². The summed E-state index contributed by atoms with van der Waals surface area (Å²) in [6.45, 7) is 4.06. The van der Waals surface area contributed by atoms with Crippen molar-refractivity contribution in [2.75, 3.05) is 0 Å². The van der Waals surface area contributed by atoms with Crippen molar-refractivity contribution in [1.29, 1.82) is 0 Å². The molecule has 0 spiro atoms. The SMILES string of the molecule is CC1(C)Cc2cccc(C(O)c3ccc(F)cc3)c2O1. The topological polar surface area (TPSA) is 29.5 Å². The minimum absolute atomic E-state index is 0.249. The number of halogens is 1. The zero-order chi connectivity index (χ0) is 14.3. The predicted molar refractivity (Wildman–Crippen MR) is 75.3 cm³/mol. The summed E-state index contributed by atoms with van der Waals surface area (Å²) >= 11 is 0. The van der Waals surface area contributed by atoms with Crippen molar-refractivity contribution in [3.8, 4) is 5.75 Å². The lowest BCUT2D eigenvalue weighted by atomic mass is 9.96. The maximum Gasteiger partial charge on any atom is 0.129 e. The lowest BCUT2D eigenvalue weighted by molar-refractivity contribution is 0.131. The Kier molecular flexibility index (Phi) is 3.02. The summed E-state index contributed by atoms with van der Waals surface area (Å²) in [5.74, 6) is 0.450. The number of para-hydroxylation sites is 1. The molecule has 0 saturated heterocycles. The van der Waals surface area contributed by atoms with Crippen LogP contribution in [0.5, 0.6) is 5.75 Å². The van der Waals surface area contributed by atoms with E-state index in [9.17, 15) is 9.50 Å². The van der Waals surface area contributed by atoms with Gasteiger partial charge in [-0.2, -0.15) is 0 Å². The largest absolute Gasteiger partial charge is 0.487 e. The molecule has 0 saturated carbocycles. The van der Waals surface area contributed by atoms with Crippen molar-refractivity contribution >= 4 is 0 Å². The fourth-order valence-corrected chi connectivity index (χ4v) is 2.68. The quantitative estimate of drug-likeness (QED) is 0.904. The lowest BCUT2D eigenvalue weighted by Crippen LogP contribution is -2.25. The van der Waals surface area contributed by atoms with Gasteiger partial charge in [0, 0.05) is 12.0 Å². The van der Waals surface area contributed by atoms with Gasteiger partial charge in [0.1, 0.15) is 23.3 Å². The van der Waals surface area contributed by atoms with E-state index in [4.69, 9.17) is 4.74 Å². The number of hydrogen-bond acceptors (Lipinski definition) is 2. The second-order valence-corrected chi connectivity index (χ2v) is 5.83. The van der Waals surface area contributed by atoms with Crippen LogP contribution in [0.3, 0.4) is 0 Å². The molecule has 1 aliphatic rings. The van der Waals surface area contributed by atoms with Crippen LogP contribution in [0.1, 0.15) is 36.6 Å². The molecule has 0 fully saturated rings. The number of fused-ring (bicyclic) bond motifs is 1. The van der Waals surface area contributed by atoms with Gasteiger partial charge in [0.05, 0.1) is 0 Å². The minimum atomic E-state index is -0.806. The molecule has 0 aromatic heterocycles. The van der Waals surface area contributed by atoms with Crippen molar-refractivity contribution in [3.63, 3.8) is 0 Å². The van der Waals surface area contributed by atoms with E-state index in [0.717, 1.165) is 23.3 Å². The van der Waals surface area contributed by atoms with Gasteiger partial charge in [-0.05, 0) is 37.1 Å². The number of hydrogen-bond donors (Lipinski definition) is 1. The van der Waals surface area contributed by atoms with Crippen LogP contribution in [0.15, 0.2) is 42.5 Å². The molecule has 1 heterocycles. The van der Waals surface area contributed by atoms with Crippen molar-refractivity contribution in [2.45, 2.75) is 32.0 Å². The molecule has 1 unspecified atom stereocenters. The van der Waals surface area contributed by atoms with Gasteiger partial charge in [-0.1, -0.05) is 30.3 Å². The third kappa shape index (κ3) is 2.29. The van der Waals surface area contributed by atoms with Gasteiger partial charge < -0.3 is 9.84 Å². The first kappa shape index (κ1) is 13.1. The van der Waals surface area contributed by atoms with Crippen LogP contribution in [0.4, 0.5) is 4.39 Å². The maximum atomic E-state index is 13.0. The van der Waals surface area contributed by atoms with E-state index >= 15 is 0 Å². The summed E-state index contributed by atoms with van der Waals surface area (Å²) in [5.41, 5.74) is 2.25. The summed E-state index contributed by atoms with van der Waals surface area (Å²) in [6, 6.07) is 11.7.